The number of hydrogen-bond acceptors (Lipinski definition) is 1. The fraction of sp³-hybridized carbons (Fsp3) is 1.00. The monoisotopic (exact) mass is 415 g/mol. The largest absolute Gasteiger partial charge is 0.673 e. The van der Waals surface area contributed by atoms with Crippen molar-refractivity contribution in [1.82, 2.24) is 0 Å². The molecule has 0 aliphatic carbocycles. The van der Waals surface area contributed by atoms with E-state index in [9.17, 15) is 21.8 Å². The zero-order valence-corrected chi connectivity index (χ0v) is 18.2. The summed E-state index contributed by atoms with van der Waals surface area (Å²) < 4.78 is 53.1. The molecular formula is C19H39BF4NOP. The molecule has 2 aliphatic heterocycles. The average Bonchev–Trinajstić information content (AvgIpc) is 3.15. The lowest BCUT2D eigenvalue weighted by molar-refractivity contribution is -0.762. The number of piperidine rings is 1. The molecule has 3 unspecified atom stereocenters. The van der Waals surface area contributed by atoms with Crippen LogP contribution in [0, 0.1) is 0 Å². The summed E-state index contributed by atoms with van der Waals surface area (Å²) >= 11 is 0. The van der Waals surface area contributed by atoms with Gasteiger partial charge in [-0.05, 0) is 25.7 Å². The molecule has 0 aromatic carbocycles. The maximum Gasteiger partial charge on any atom is 0.673 e. The van der Waals surface area contributed by atoms with E-state index < -0.39 is 14.5 Å². The molecule has 0 bridgehead atoms. The number of rotatable bonds is 12. The van der Waals surface area contributed by atoms with Crippen LogP contribution in [0.3, 0.4) is 0 Å². The Balaban J connectivity index is 0.000000646. The molecule has 2 aliphatic rings. The number of unbranched alkanes of at least 4 members (excludes halogenated alkanes) is 9. The maximum atomic E-state index is 13.0. The van der Waals surface area contributed by atoms with Gasteiger partial charge in [0, 0.05) is 6.42 Å². The lowest BCUT2D eigenvalue weighted by Crippen LogP contribution is -2.33. The zero-order valence-electron chi connectivity index (χ0n) is 17.3. The summed E-state index contributed by atoms with van der Waals surface area (Å²) in [4.78, 5) is 0. The Labute approximate surface area is 163 Å². The Morgan fingerprint density at radius 3 is 1.81 bits per heavy atom. The second kappa shape index (κ2) is 11.9. The van der Waals surface area contributed by atoms with Crippen LogP contribution in [-0.4, -0.2) is 36.5 Å². The highest BCUT2D eigenvalue weighted by molar-refractivity contribution is 7.64. The Morgan fingerprint density at radius 2 is 1.33 bits per heavy atom. The molecule has 0 N–H and O–H groups in total. The number of hydrogen-bond donors (Lipinski definition) is 0. The van der Waals surface area contributed by atoms with Gasteiger partial charge in [0.05, 0.1) is 19.3 Å². The van der Waals surface area contributed by atoms with E-state index in [2.05, 4.69) is 13.8 Å². The van der Waals surface area contributed by atoms with Gasteiger partial charge in [0.2, 0.25) is 0 Å². The van der Waals surface area contributed by atoms with Crippen LogP contribution in [0.2, 0.25) is 0 Å². The SMILES string of the molecule is CCCCCCCCCCCC[N+]12CCCCC1P2(=O)CC.F[B-](F)(F)F. The van der Waals surface area contributed by atoms with Gasteiger partial charge in [0.1, 0.15) is 0 Å². The quantitative estimate of drug-likeness (QED) is 0.104. The molecule has 0 spiro atoms. The fourth-order valence-corrected chi connectivity index (χ4v) is 9.19. The minimum atomic E-state index is -6.00. The van der Waals surface area contributed by atoms with Crippen molar-refractivity contribution < 1.29 is 26.1 Å². The van der Waals surface area contributed by atoms with Crippen molar-refractivity contribution in [2.75, 3.05) is 19.3 Å². The maximum absolute atomic E-state index is 13.0. The van der Waals surface area contributed by atoms with E-state index in [4.69, 9.17) is 0 Å². The number of quaternary nitrogens is 1. The van der Waals surface area contributed by atoms with E-state index in [1.807, 2.05) is 0 Å². The van der Waals surface area contributed by atoms with Gasteiger partial charge >= 0.3 is 14.5 Å². The van der Waals surface area contributed by atoms with Gasteiger partial charge in [0.25, 0.3) is 0 Å². The van der Waals surface area contributed by atoms with Gasteiger partial charge in [0.15, 0.2) is 5.78 Å². The Kier molecular flexibility index (Phi) is 11.0. The number of nitrogens with zero attached hydrogens (tertiary/aromatic N) is 1. The van der Waals surface area contributed by atoms with Crippen molar-refractivity contribution in [2.45, 2.75) is 103 Å². The number of fused-ring (bicyclic) bond motifs is 1. The molecule has 162 valence electrons. The molecule has 2 nitrogen and oxygen atoms in total. The lowest BCUT2D eigenvalue weighted by Gasteiger charge is -2.23. The summed E-state index contributed by atoms with van der Waals surface area (Å²) in [7, 11) is -7.83. The third kappa shape index (κ3) is 8.08. The van der Waals surface area contributed by atoms with Crippen molar-refractivity contribution >= 4 is 14.5 Å². The Morgan fingerprint density at radius 1 is 0.852 bits per heavy atom. The Bertz CT molecular complexity index is 457. The van der Waals surface area contributed by atoms with Crippen molar-refractivity contribution in [3.63, 3.8) is 0 Å². The van der Waals surface area contributed by atoms with Crippen LogP contribution in [0.25, 0.3) is 0 Å². The molecular weight excluding hydrogens is 376 g/mol. The van der Waals surface area contributed by atoms with Gasteiger partial charge in [-0.1, -0.05) is 65.2 Å². The Hall–Kier alpha value is -0.0251. The third-order valence-electron chi connectivity index (χ3n) is 6.25. The average molecular weight is 415 g/mol. The van der Waals surface area contributed by atoms with Crippen LogP contribution in [0.1, 0.15) is 97.3 Å². The van der Waals surface area contributed by atoms with E-state index in [0.29, 0.717) is 5.78 Å². The van der Waals surface area contributed by atoms with Crippen molar-refractivity contribution in [3.05, 3.63) is 0 Å². The molecule has 0 saturated carbocycles. The molecule has 27 heavy (non-hydrogen) atoms. The highest BCUT2D eigenvalue weighted by Crippen LogP contribution is 2.81. The standard InChI is InChI=1S/C19H39NOP.BF4/c1-3-5-6-7-8-9-10-11-12-14-17-20-18-15-13-16-19(20)22(20,21)4-2;2-1(3,4)5/h19H,3-18H2,1-2H3;/q+1;-1. The molecule has 2 heterocycles. The highest BCUT2D eigenvalue weighted by Gasteiger charge is 2.75. The van der Waals surface area contributed by atoms with Crippen molar-refractivity contribution in [2.24, 2.45) is 0 Å². The van der Waals surface area contributed by atoms with Gasteiger partial charge < -0.3 is 17.3 Å². The normalized spacial score (nSPS) is 29.6. The summed E-state index contributed by atoms with van der Waals surface area (Å²) in [5.41, 5.74) is 0. The summed E-state index contributed by atoms with van der Waals surface area (Å²) in [6, 6.07) is 0. The van der Waals surface area contributed by atoms with E-state index in [-0.39, 0.29) is 0 Å². The topological polar surface area (TPSA) is 17.1 Å². The number of halogens is 4. The molecule has 0 aromatic rings. The molecule has 2 fully saturated rings. The van der Waals surface area contributed by atoms with E-state index >= 15 is 0 Å². The summed E-state index contributed by atoms with van der Waals surface area (Å²) in [5, 5.41) is 0. The van der Waals surface area contributed by atoms with Gasteiger partial charge in [-0.2, -0.15) is 0 Å². The predicted molar refractivity (Wildman–Crippen MR) is 108 cm³/mol. The smallest absolute Gasteiger partial charge is 0.418 e. The molecule has 0 aromatic heterocycles. The van der Waals surface area contributed by atoms with E-state index in [1.165, 1.54) is 96.6 Å². The second-order valence-electron chi connectivity index (χ2n) is 8.16. The fourth-order valence-electron chi connectivity index (χ4n) is 4.83. The lowest BCUT2D eigenvalue weighted by atomic mass is 10.1. The van der Waals surface area contributed by atoms with Crippen molar-refractivity contribution in [1.29, 1.82) is 0 Å². The molecule has 0 radical (unpaired) electrons. The van der Waals surface area contributed by atoms with Gasteiger partial charge in [-0.15, -0.1) is 0 Å². The first-order valence-electron chi connectivity index (χ1n) is 11.0. The first-order chi connectivity index (χ1) is 12.7. The summed E-state index contributed by atoms with van der Waals surface area (Å²) in [5.74, 6) is 0.588. The van der Waals surface area contributed by atoms with Crippen LogP contribution in [0.4, 0.5) is 17.3 Å². The van der Waals surface area contributed by atoms with E-state index in [1.54, 1.807) is 0 Å². The third-order valence-corrected chi connectivity index (χ3v) is 10.6. The molecule has 2 rings (SSSR count). The van der Waals surface area contributed by atoms with Gasteiger partial charge in [-0.25, -0.2) is 0 Å². The zero-order chi connectivity index (χ0) is 20.4. The van der Waals surface area contributed by atoms with Crippen LogP contribution < -0.4 is 0 Å². The molecule has 0 amide bonds. The summed E-state index contributed by atoms with van der Waals surface area (Å²) in [6.07, 6.45) is 18.9. The minimum Gasteiger partial charge on any atom is -0.418 e. The van der Waals surface area contributed by atoms with Crippen LogP contribution in [0.15, 0.2) is 0 Å². The van der Waals surface area contributed by atoms with Crippen molar-refractivity contribution in [3.8, 4) is 0 Å². The van der Waals surface area contributed by atoms with Gasteiger partial charge in [-0.3, -0.25) is 8.82 Å². The molecule has 3 atom stereocenters. The molecule has 8 heteroatoms. The van der Waals surface area contributed by atoms with Crippen LogP contribution >= 0.6 is 7.29 Å². The van der Waals surface area contributed by atoms with Crippen LogP contribution in [-0.2, 0) is 4.57 Å². The first-order valence-corrected chi connectivity index (χ1v) is 13.0. The summed E-state index contributed by atoms with van der Waals surface area (Å²) in [6.45, 7) is 6.91. The highest BCUT2D eigenvalue weighted by atomic mass is 31.2. The van der Waals surface area contributed by atoms with Crippen LogP contribution in [0.5, 0.6) is 0 Å². The first kappa shape index (κ1) is 25.0. The minimum absolute atomic E-state index is 0.588. The second-order valence-corrected chi connectivity index (χ2v) is 11.7. The predicted octanol–water partition coefficient (Wildman–Crippen LogP) is 7.85. The molecule has 2 saturated heterocycles. The van der Waals surface area contributed by atoms with E-state index in [0.717, 1.165) is 10.4 Å².